The van der Waals surface area contributed by atoms with Crippen LogP contribution in [-0.2, 0) is 4.79 Å². The zero-order chi connectivity index (χ0) is 17.4. The summed E-state index contributed by atoms with van der Waals surface area (Å²) in [6.45, 7) is 5.13. The Labute approximate surface area is 148 Å². The van der Waals surface area contributed by atoms with Gasteiger partial charge in [0.25, 0.3) is 0 Å². The fraction of sp³-hybridized carbons (Fsp3) is 0.318. The van der Waals surface area contributed by atoms with Gasteiger partial charge in [-0.1, -0.05) is 61.4 Å². The normalized spacial score (nSPS) is 17.1. The Kier molecular flexibility index (Phi) is 4.08. The number of benzene rings is 2. The van der Waals surface area contributed by atoms with E-state index in [-0.39, 0.29) is 11.9 Å². The summed E-state index contributed by atoms with van der Waals surface area (Å²) in [5, 5.41) is 1.23. The quantitative estimate of drug-likeness (QED) is 0.639. The molecule has 1 unspecified atom stereocenters. The monoisotopic (exact) mass is 332 g/mol. The molecule has 1 fully saturated rings. The van der Waals surface area contributed by atoms with E-state index in [2.05, 4.69) is 72.3 Å². The number of aromatic nitrogens is 1. The van der Waals surface area contributed by atoms with Gasteiger partial charge in [-0.3, -0.25) is 4.79 Å². The molecule has 128 valence electrons. The number of aryl methyl sites for hydroxylation is 1. The van der Waals surface area contributed by atoms with Gasteiger partial charge in [0.2, 0.25) is 5.91 Å². The molecule has 0 aliphatic carbocycles. The summed E-state index contributed by atoms with van der Waals surface area (Å²) in [5.74, 6) is 0.276. The third-order valence-electron chi connectivity index (χ3n) is 5.24. The van der Waals surface area contributed by atoms with Crippen molar-refractivity contribution in [3.8, 4) is 11.3 Å². The third-order valence-corrected chi connectivity index (χ3v) is 5.24. The summed E-state index contributed by atoms with van der Waals surface area (Å²) in [4.78, 5) is 17.8. The molecule has 25 heavy (non-hydrogen) atoms. The standard InChI is InChI=1S/C22H24N2O/c1-3-4-13-24-19(14-20(24)25)21-17-7-5-6-8-18(17)23-22(21)16-11-9-15(2)10-12-16/h5-12,19,23H,3-4,13-14H2,1-2H3. The van der Waals surface area contributed by atoms with Gasteiger partial charge >= 0.3 is 0 Å². The van der Waals surface area contributed by atoms with Gasteiger partial charge in [0.05, 0.1) is 18.2 Å². The Bertz CT molecular complexity index is 907. The van der Waals surface area contributed by atoms with Gasteiger partial charge in [0.1, 0.15) is 0 Å². The molecule has 1 amide bonds. The number of para-hydroxylation sites is 1. The molecule has 1 aliphatic heterocycles. The number of nitrogens with one attached hydrogen (secondary N) is 1. The molecule has 4 rings (SSSR count). The zero-order valence-corrected chi connectivity index (χ0v) is 14.9. The molecular formula is C22H24N2O. The van der Waals surface area contributed by atoms with E-state index < -0.39 is 0 Å². The molecule has 0 bridgehead atoms. The maximum atomic E-state index is 12.2. The molecule has 0 saturated carbocycles. The summed E-state index contributed by atoms with van der Waals surface area (Å²) >= 11 is 0. The number of likely N-dealkylation sites (tertiary alicyclic amines) is 1. The fourth-order valence-corrected chi connectivity index (χ4v) is 3.78. The molecule has 2 aromatic carbocycles. The van der Waals surface area contributed by atoms with Crippen LogP contribution in [0.1, 0.15) is 43.4 Å². The number of fused-ring (bicyclic) bond motifs is 1. The van der Waals surface area contributed by atoms with E-state index in [1.807, 2.05) is 0 Å². The molecule has 1 aromatic heterocycles. The number of hydrogen-bond donors (Lipinski definition) is 1. The number of nitrogens with zero attached hydrogens (tertiary/aromatic N) is 1. The Balaban J connectivity index is 1.82. The van der Waals surface area contributed by atoms with Crippen LogP contribution in [0.3, 0.4) is 0 Å². The maximum Gasteiger partial charge on any atom is 0.225 e. The smallest absolute Gasteiger partial charge is 0.225 e. The number of β-lactam (4-membered cyclic amide) rings is 1. The Morgan fingerprint density at radius 2 is 1.88 bits per heavy atom. The van der Waals surface area contributed by atoms with E-state index in [0.29, 0.717) is 6.42 Å². The first-order chi connectivity index (χ1) is 12.2. The molecule has 3 aromatic rings. The van der Waals surface area contributed by atoms with Crippen molar-refractivity contribution >= 4 is 16.8 Å². The average Bonchev–Trinajstić information content (AvgIpc) is 2.99. The first-order valence-electron chi connectivity index (χ1n) is 9.16. The van der Waals surface area contributed by atoms with Crippen LogP contribution in [0.15, 0.2) is 48.5 Å². The Hall–Kier alpha value is -2.55. The topological polar surface area (TPSA) is 36.1 Å². The number of hydrogen-bond acceptors (Lipinski definition) is 1. The summed E-state index contributed by atoms with van der Waals surface area (Å²) in [6.07, 6.45) is 2.78. The van der Waals surface area contributed by atoms with Crippen molar-refractivity contribution in [1.82, 2.24) is 9.88 Å². The van der Waals surface area contributed by atoms with Crippen molar-refractivity contribution in [2.75, 3.05) is 6.54 Å². The highest BCUT2D eigenvalue weighted by atomic mass is 16.2. The Morgan fingerprint density at radius 3 is 2.60 bits per heavy atom. The second-order valence-electron chi connectivity index (χ2n) is 6.99. The van der Waals surface area contributed by atoms with Crippen LogP contribution in [0, 0.1) is 6.92 Å². The number of carbonyl (C=O) groups excluding carboxylic acids is 1. The van der Waals surface area contributed by atoms with E-state index in [0.717, 1.165) is 30.6 Å². The van der Waals surface area contributed by atoms with Gasteiger partial charge in [0.15, 0.2) is 0 Å². The lowest BCUT2D eigenvalue weighted by Gasteiger charge is -2.41. The zero-order valence-electron chi connectivity index (χ0n) is 14.9. The van der Waals surface area contributed by atoms with Gasteiger partial charge in [-0.15, -0.1) is 0 Å². The molecule has 0 spiro atoms. The second-order valence-corrected chi connectivity index (χ2v) is 6.99. The highest BCUT2D eigenvalue weighted by Gasteiger charge is 2.39. The summed E-state index contributed by atoms with van der Waals surface area (Å²) in [7, 11) is 0. The second kappa shape index (κ2) is 6.40. The Morgan fingerprint density at radius 1 is 1.12 bits per heavy atom. The van der Waals surface area contributed by atoms with Crippen LogP contribution in [0.5, 0.6) is 0 Å². The van der Waals surface area contributed by atoms with Crippen molar-refractivity contribution in [2.24, 2.45) is 0 Å². The predicted octanol–water partition coefficient (Wildman–Crippen LogP) is 5.22. The molecular weight excluding hydrogens is 308 g/mol. The number of aromatic amines is 1. The van der Waals surface area contributed by atoms with Crippen molar-refractivity contribution in [1.29, 1.82) is 0 Å². The molecule has 2 heterocycles. The highest BCUT2D eigenvalue weighted by molar-refractivity contribution is 5.94. The largest absolute Gasteiger partial charge is 0.354 e. The lowest BCUT2D eigenvalue weighted by Crippen LogP contribution is -2.46. The van der Waals surface area contributed by atoms with Gasteiger partial charge < -0.3 is 9.88 Å². The first kappa shape index (κ1) is 15.9. The van der Waals surface area contributed by atoms with Crippen molar-refractivity contribution in [3.05, 3.63) is 59.7 Å². The molecule has 1 atom stereocenters. The van der Waals surface area contributed by atoms with Crippen LogP contribution in [0.2, 0.25) is 0 Å². The minimum atomic E-state index is 0.187. The van der Waals surface area contributed by atoms with E-state index in [1.54, 1.807) is 0 Å². The predicted molar refractivity (Wildman–Crippen MR) is 102 cm³/mol. The van der Waals surface area contributed by atoms with Gasteiger partial charge in [-0.25, -0.2) is 0 Å². The molecule has 1 N–H and O–H groups in total. The van der Waals surface area contributed by atoms with E-state index >= 15 is 0 Å². The number of carbonyl (C=O) groups is 1. The maximum absolute atomic E-state index is 12.2. The summed E-state index contributed by atoms with van der Waals surface area (Å²) in [6, 6.07) is 17.2. The number of amides is 1. The molecule has 3 heteroatoms. The van der Waals surface area contributed by atoms with Crippen LogP contribution in [0.25, 0.3) is 22.2 Å². The van der Waals surface area contributed by atoms with Crippen molar-refractivity contribution < 1.29 is 4.79 Å². The van der Waals surface area contributed by atoms with Crippen LogP contribution < -0.4 is 0 Å². The number of H-pyrrole nitrogens is 1. The molecule has 1 saturated heterocycles. The van der Waals surface area contributed by atoms with Gasteiger partial charge in [0, 0.05) is 23.0 Å². The first-order valence-corrected chi connectivity index (χ1v) is 9.16. The van der Waals surface area contributed by atoms with E-state index in [9.17, 15) is 4.79 Å². The minimum absolute atomic E-state index is 0.187. The van der Waals surface area contributed by atoms with Crippen LogP contribution in [0.4, 0.5) is 0 Å². The van der Waals surface area contributed by atoms with Crippen LogP contribution >= 0.6 is 0 Å². The number of unbranched alkanes of at least 4 members (excludes halogenated alkanes) is 1. The van der Waals surface area contributed by atoms with Crippen molar-refractivity contribution in [3.63, 3.8) is 0 Å². The molecule has 3 nitrogen and oxygen atoms in total. The lowest BCUT2D eigenvalue weighted by molar-refractivity contribution is -0.146. The van der Waals surface area contributed by atoms with Crippen molar-refractivity contribution in [2.45, 2.75) is 39.2 Å². The third kappa shape index (κ3) is 2.74. The summed E-state index contributed by atoms with van der Waals surface area (Å²) in [5.41, 5.74) is 6.01. The fourth-order valence-electron chi connectivity index (χ4n) is 3.78. The minimum Gasteiger partial charge on any atom is -0.354 e. The van der Waals surface area contributed by atoms with E-state index in [1.165, 1.54) is 22.1 Å². The average molecular weight is 332 g/mol. The molecule has 0 radical (unpaired) electrons. The van der Waals surface area contributed by atoms with E-state index in [4.69, 9.17) is 0 Å². The lowest BCUT2D eigenvalue weighted by atomic mass is 9.89. The van der Waals surface area contributed by atoms with Gasteiger partial charge in [-0.05, 0) is 25.0 Å². The summed E-state index contributed by atoms with van der Waals surface area (Å²) < 4.78 is 0. The van der Waals surface area contributed by atoms with Gasteiger partial charge in [-0.2, -0.15) is 0 Å². The SMILES string of the molecule is CCCCN1C(=O)CC1c1c(-c2ccc(C)cc2)[nH]c2ccccc12. The highest BCUT2D eigenvalue weighted by Crippen LogP contribution is 2.43. The number of rotatable bonds is 5. The van der Waals surface area contributed by atoms with Crippen LogP contribution in [-0.4, -0.2) is 22.3 Å². The molecule has 1 aliphatic rings.